The minimum atomic E-state index is -0.385. The van der Waals surface area contributed by atoms with E-state index in [0.29, 0.717) is 12.6 Å². The van der Waals surface area contributed by atoms with E-state index < -0.39 is 0 Å². The first kappa shape index (κ1) is 12.9. The fourth-order valence-electron chi connectivity index (χ4n) is 2.41. The Hall–Kier alpha value is -0.510. The second kappa shape index (κ2) is 6.43. The average Bonchev–Trinajstić information content (AvgIpc) is 2.85. The van der Waals surface area contributed by atoms with Gasteiger partial charge in [-0.2, -0.15) is 11.8 Å². The van der Waals surface area contributed by atoms with E-state index in [1.54, 1.807) is 0 Å². The molecule has 0 bridgehead atoms. The molecule has 3 atom stereocenters. The molecular weight excluding hydrogens is 230 g/mol. The van der Waals surface area contributed by atoms with Gasteiger partial charge in [0.05, 0.1) is 6.10 Å². The van der Waals surface area contributed by atoms with Crippen molar-refractivity contribution in [3.63, 3.8) is 0 Å². The molecule has 1 aromatic carbocycles. The third kappa shape index (κ3) is 3.73. The molecule has 0 heterocycles. The fraction of sp³-hybridized carbons (Fsp3) is 0.571. The highest BCUT2D eigenvalue weighted by molar-refractivity contribution is 7.99. The van der Waals surface area contributed by atoms with Crippen LogP contribution in [0.15, 0.2) is 30.3 Å². The van der Waals surface area contributed by atoms with Crippen LogP contribution in [0.4, 0.5) is 0 Å². The Kier molecular flexibility index (Phi) is 4.89. The largest absolute Gasteiger partial charge is 0.387 e. The highest BCUT2D eigenvalue weighted by Gasteiger charge is 2.23. The van der Waals surface area contributed by atoms with Gasteiger partial charge in [-0.15, -0.1) is 0 Å². The molecule has 0 amide bonds. The van der Waals surface area contributed by atoms with Gasteiger partial charge in [0.15, 0.2) is 0 Å². The zero-order valence-corrected chi connectivity index (χ0v) is 11.1. The summed E-state index contributed by atoms with van der Waals surface area (Å²) in [7, 11) is 0. The molecule has 1 saturated carbocycles. The number of aliphatic hydroxyl groups is 1. The third-order valence-corrected chi connectivity index (χ3v) is 4.60. The van der Waals surface area contributed by atoms with Crippen molar-refractivity contribution in [3.8, 4) is 0 Å². The van der Waals surface area contributed by atoms with Crippen LogP contribution >= 0.6 is 11.8 Å². The van der Waals surface area contributed by atoms with E-state index in [1.807, 2.05) is 42.1 Å². The van der Waals surface area contributed by atoms with E-state index in [9.17, 15) is 5.11 Å². The first-order chi connectivity index (χ1) is 8.29. The molecule has 17 heavy (non-hydrogen) atoms. The highest BCUT2D eigenvalue weighted by Crippen LogP contribution is 2.28. The molecular formula is C14H21NOS. The number of rotatable bonds is 5. The topological polar surface area (TPSA) is 32.3 Å². The Balaban J connectivity index is 1.75. The molecule has 2 N–H and O–H groups in total. The monoisotopic (exact) mass is 251 g/mol. The number of hydrogen-bond donors (Lipinski definition) is 2. The van der Waals surface area contributed by atoms with Crippen molar-refractivity contribution in [2.45, 2.75) is 36.7 Å². The van der Waals surface area contributed by atoms with E-state index in [1.165, 1.54) is 19.3 Å². The van der Waals surface area contributed by atoms with Gasteiger partial charge in [-0.05, 0) is 31.1 Å². The molecule has 2 nitrogen and oxygen atoms in total. The van der Waals surface area contributed by atoms with E-state index in [4.69, 9.17) is 0 Å². The molecule has 3 heteroatoms. The molecule has 1 aromatic rings. The maximum absolute atomic E-state index is 10.0. The zero-order valence-electron chi connectivity index (χ0n) is 10.3. The lowest BCUT2D eigenvalue weighted by Crippen LogP contribution is -2.31. The van der Waals surface area contributed by atoms with Crippen LogP contribution in [-0.4, -0.2) is 29.2 Å². The van der Waals surface area contributed by atoms with Gasteiger partial charge < -0.3 is 10.4 Å². The van der Waals surface area contributed by atoms with Crippen LogP contribution in [0.5, 0.6) is 0 Å². The summed E-state index contributed by atoms with van der Waals surface area (Å²) in [5, 5.41) is 14.3. The SMILES string of the molecule is CSC1CCC(NCC(O)c2ccccc2)C1. The molecule has 0 aromatic heterocycles. The van der Waals surface area contributed by atoms with E-state index in [0.717, 1.165) is 10.8 Å². The van der Waals surface area contributed by atoms with Crippen LogP contribution in [-0.2, 0) is 0 Å². The average molecular weight is 251 g/mol. The Bertz CT molecular complexity index is 330. The molecule has 2 rings (SSSR count). The molecule has 1 fully saturated rings. The Labute approximate surface area is 108 Å². The summed E-state index contributed by atoms with van der Waals surface area (Å²) in [5.74, 6) is 0. The summed E-state index contributed by atoms with van der Waals surface area (Å²) in [4.78, 5) is 0. The number of aliphatic hydroxyl groups excluding tert-OH is 1. The van der Waals surface area contributed by atoms with Crippen molar-refractivity contribution in [3.05, 3.63) is 35.9 Å². The number of nitrogens with one attached hydrogen (secondary N) is 1. The molecule has 3 unspecified atom stereocenters. The number of hydrogen-bond acceptors (Lipinski definition) is 3. The molecule has 94 valence electrons. The predicted octanol–water partition coefficient (Wildman–Crippen LogP) is 2.59. The van der Waals surface area contributed by atoms with Gasteiger partial charge in [-0.3, -0.25) is 0 Å². The van der Waals surface area contributed by atoms with Crippen LogP contribution < -0.4 is 5.32 Å². The molecule has 0 radical (unpaired) electrons. The molecule has 1 aliphatic carbocycles. The maximum Gasteiger partial charge on any atom is 0.0914 e. The van der Waals surface area contributed by atoms with E-state index in [-0.39, 0.29) is 6.10 Å². The van der Waals surface area contributed by atoms with Gasteiger partial charge in [0.1, 0.15) is 0 Å². The summed E-state index contributed by atoms with van der Waals surface area (Å²) in [6.45, 7) is 0.662. The minimum Gasteiger partial charge on any atom is -0.387 e. The minimum absolute atomic E-state index is 0.385. The Morgan fingerprint density at radius 2 is 2.12 bits per heavy atom. The van der Waals surface area contributed by atoms with Crippen molar-refractivity contribution < 1.29 is 5.11 Å². The highest BCUT2D eigenvalue weighted by atomic mass is 32.2. The van der Waals surface area contributed by atoms with Crippen LogP contribution in [0.3, 0.4) is 0 Å². The predicted molar refractivity (Wildman–Crippen MR) is 74.3 cm³/mol. The number of benzene rings is 1. The Morgan fingerprint density at radius 1 is 1.35 bits per heavy atom. The lowest BCUT2D eigenvalue weighted by atomic mass is 10.1. The Morgan fingerprint density at radius 3 is 2.76 bits per heavy atom. The van der Waals surface area contributed by atoms with Crippen LogP contribution in [0.1, 0.15) is 30.9 Å². The summed E-state index contributed by atoms with van der Waals surface area (Å²) >= 11 is 1.96. The van der Waals surface area contributed by atoms with Crippen molar-refractivity contribution in [2.75, 3.05) is 12.8 Å². The van der Waals surface area contributed by atoms with Crippen molar-refractivity contribution in [1.29, 1.82) is 0 Å². The standard InChI is InChI=1S/C14H21NOS/c1-17-13-8-7-12(9-13)15-10-14(16)11-5-3-2-4-6-11/h2-6,12-16H,7-10H2,1H3. The smallest absolute Gasteiger partial charge is 0.0914 e. The summed E-state index contributed by atoms with van der Waals surface area (Å²) in [5.41, 5.74) is 0.999. The molecule has 0 saturated heterocycles. The normalized spacial score (nSPS) is 26.0. The van der Waals surface area contributed by atoms with E-state index in [2.05, 4.69) is 11.6 Å². The van der Waals surface area contributed by atoms with Crippen LogP contribution in [0, 0.1) is 0 Å². The lowest BCUT2D eigenvalue weighted by molar-refractivity contribution is 0.170. The fourth-order valence-corrected chi connectivity index (χ4v) is 3.21. The maximum atomic E-state index is 10.0. The summed E-state index contributed by atoms with van der Waals surface area (Å²) in [6.07, 6.45) is 5.59. The molecule has 1 aliphatic rings. The first-order valence-corrected chi connectivity index (χ1v) is 7.57. The molecule has 0 aliphatic heterocycles. The van der Waals surface area contributed by atoms with Gasteiger partial charge in [0, 0.05) is 17.8 Å². The van der Waals surface area contributed by atoms with Crippen molar-refractivity contribution in [1.82, 2.24) is 5.32 Å². The second-order valence-electron chi connectivity index (χ2n) is 4.70. The van der Waals surface area contributed by atoms with Crippen molar-refractivity contribution >= 4 is 11.8 Å². The third-order valence-electron chi connectivity index (χ3n) is 3.50. The van der Waals surface area contributed by atoms with E-state index >= 15 is 0 Å². The van der Waals surface area contributed by atoms with Gasteiger partial charge in [0.25, 0.3) is 0 Å². The quantitative estimate of drug-likeness (QED) is 0.843. The van der Waals surface area contributed by atoms with Crippen LogP contribution in [0.2, 0.25) is 0 Å². The number of thioether (sulfide) groups is 1. The van der Waals surface area contributed by atoms with Gasteiger partial charge >= 0.3 is 0 Å². The van der Waals surface area contributed by atoms with Gasteiger partial charge in [0.2, 0.25) is 0 Å². The molecule has 0 spiro atoms. The summed E-state index contributed by atoms with van der Waals surface area (Å²) < 4.78 is 0. The van der Waals surface area contributed by atoms with Crippen molar-refractivity contribution in [2.24, 2.45) is 0 Å². The summed E-state index contributed by atoms with van der Waals surface area (Å²) in [6, 6.07) is 10.5. The zero-order chi connectivity index (χ0) is 12.1. The lowest BCUT2D eigenvalue weighted by Gasteiger charge is -2.16. The first-order valence-electron chi connectivity index (χ1n) is 6.28. The van der Waals surface area contributed by atoms with Gasteiger partial charge in [-0.1, -0.05) is 30.3 Å². The van der Waals surface area contributed by atoms with Gasteiger partial charge in [-0.25, -0.2) is 0 Å². The second-order valence-corrected chi connectivity index (χ2v) is 5.84. The van der Waals surface area contributed by atoms with Crippen LogP contribution in [0.25, 0.3) is 0 Å².